The number of thioether (sulfide) groups is 2. The molecule has 2 N–H and O–H groups in total. The average Bonchev–Trinajstić information content (AvgIpc) is 2.54. The molecule has 0 bridgehead atoms. The summed E-state index contributed by atoms with van der Waals surface area (Å²) in [5, 5.41) is 5.85. The van der Waals surface area contributed by atoms with E-state index >= 15 is 0 Å². The van der Waals surface area contributed by atoms with Gasteiger partial charge in [-0.15, -0.1) is 0 Å². The summed E-state index contributed by atoms with van der Waals surface area (Å²) in [7, 11) is 0. The van der Waals surface area contributed by atoms with E-state index < -0.39 is 0 Å². The van der Waals surface area contributed by atoms with E-state index in [4.69, 9.17) is 0 Å². The standard InChI is InChI=1S/C16H14N2O2S2/c19-15-13(21-11-7-3-1-5-9(11)17-15)14-16(20)18-10-6-2-4-8-12(10)22-14/h1,4-5,8H,2-3,6-7H2,(H,17,19)(H,18,20)/b14-13+. The van der Waals surface area contributed by atoms with Gasteiger partial charge in [0, 0.05) is 15.5 Å². The molecule has 0 aromatic carbocycles. The quantitative estimate of drug-likeness (QED) is 0.670. The maximum atomic E-state index is 12.4. The summed E-state index contributed by atoms with van der Waals surface area (Å²) in [5.74, 6) is -0.344. The Kier molecular flexibility index (Phi) is 3.50. The lowest BCUT2D eigenvalue weighted by molar-refractivity contribution is -0.118. The van der Waals surface area contributed by atoms with Gasteiger partial charge in [0.15, 0.2) is 0 Å². The third-order valence-corrected chi connectivity index (χ3v) is 6.41. The fraction of sp³-hybridized carbons (Fsp3) is 0.250. The number of nitrogens with one attached hydrogen (secondary N) is 2. The second kappa shape index (κ2) is 5.52. The molecule has 2 amide bonds. The van der Waals surface area contributed by atoms with Gasteiger partial charge in [0.05, 0.1) is 15.5 Å². The van der Waals surface area contributed by atoms with Gasteiger partial charge in [-0.3, -0.25) is 9.59 Å². The summed E-state index contributed by atoms with van der Waals surface area (Å²) < 4.78 is 0. The summed E-state index contributed by atoms with van der Waals surface area (Å²) in [4.78, 5) is 28.0. The molecule has 0 atom stereocenters. The smallest absolute Gasteiger partial charge is 0.263 e. The first-order chi connectivity index (χ1) is 10.7. The van der Waals surface area contributed by atoms with Crippen LogP contribution in [-0.2, 0) is 9.59 Å². The number of carbonyl (C=O) groups excluding carboxylic acids is 2. The maximum Gasteiger partial charge on any atom is 0.263 e. The van der Waals surface area contributed by atoms with Crippen LogP contribution in [0.15, 0.2) is 55.3 Å². The fourth-order valence-corrected chi connectivity index (χ4v) is 4.98. The number of rotatable bonds is 0. The zero-order chi connectivity index (χ0) is 15.1. The Balaban J connectivity index is 1.72. The minimum absolute atomic E-state index is 0.160. The molecule has 0 radical (unpaired) electrons. The number of carbonyl (C=O) groups is 2. The molecule has 0 spiro atoms. The molecule has 0 aromatic rings. The molecule has 0 saturated carbocycles. The van der Waals surface area contributed by atoms with Crippen molar-refractivity contribution in [3.05, 3.63) is 55.3 Å². The maximum absolute atomic E-state index is 12.4. The first-order valence-corrected chi connectivity index (χ1v) is 8.88. The highest BCUT2D eigenvalue weighted by Crippen LogP contribution is 2.45. The van der Waals surface area contributed by atoms with E-state index in [2.05, 4.69) is 22.8 Å². The zero-order valence-electron chi connectivity index (χ0n) is 11.8. The molecule has 112 valence electrons. The molecule has 4 nitrogen and oxygen atoms in total. The molecule has 2 heterocycles. The second-order valence-corrected chi connectivity index (χ2v) is 7.49. The van der Waals surface area contributed by atoms with Gasteiger partial charge >= 0.3 is 0 Å². The third kappa shape index (κ3) is 2.36. The van der Waals surface area contributed by atoms with Crippen molar-refractivity contribution in [2.24, 2.45) is 0 Å². The Labute approximate surface area is 136 Å². The topological polar surface area (TPSA) is 58.2 Å². The molecule has 4 aliphatic rings. The SMILES string of the molecule is O=C1NC2=C(C=CCC2)S/C1=C1/SC2=C(C=CCC2)NC1=O. The van der Waals surface area contributed by atoms with Gasteiger partial charge in [0.2, 0.25) is 0 Å². The second-order valence-electron chi connectivity index (χ2n) is 5.33. The van der Waals surface area contributed by atoms with Crippen molar-refractivity contribution >= 4 is 35.3 Å². The van der Waals surface area contributed by atoms with Crippen molar-refractivity contribution in [1.82, 2.24) is 10.6 Å². The van der Waals surface area contributed by atoms with E-state index in [1.165, 1.54) is 23.5 Å². The lowest BCUT2D eigenvalue weighted by Crippen LogP contribution is -2.33. The van der Waals surface area contributed by atoms with Crippen LogP contribution in [0.2, 0.25) is 0 Å². The lowest BCUT2D eigenvalue weighted by atomic mass is 10.1. The molecule has 6 heteroatoms. The van der Waals surface area contributed by atoms with Crippen molar-refractivity contribution in [3.63, 3.8) is 0 Å². The van der Waals surface area contributed by atoms with E-state index in [-0.39, 0.29) is 11.8 Å². The number of amides is 2. The number of allylic oxidation sites excluding steroid dienone is 6. The Hall–Kier alpha value is -1.66. The largest absolute Gasteiger partial charge is 0.324 e. The molecule has 0 aromatic heterocycles. The van der Waals surface area contributed by atoms with Crippen molar-refractivity contribution in [1.29, 1.82) is 0 Å². The van der Waals surface area contributed by atoms with Crippen molar-refractivity contribution in [3.8, 4) is 0 Å². The van der Waals surface area contributed by atoms with Gasteiger partial charge in [-0.25, -0.2) is 0 Å². The predicted octanol–water partition coefficient (Wildman–Crippen LogP) is 3.05. The molecule has 2 aliphatic heterocycles. The Morgan fingerprint density at radius 2 is 1.59 bits per heavy atom. The lowest BCUT2D eigenvalue weighted by Gasteiger charge is -2.27. The minimum Gasteiger partial charge on any atom is -0.324 e. The van der Waals surface area contributed by atoms with Crippen LogP contribution in [0.3, 0.4) is 0 Å². The number of hydrogen-bond acceptors (Lipinski definition) is 4. The zero-order valence-corrected chi connectivity index (χ0v) is 13.4. The molecule has 0 saturated heterocycles. The highest BCUT2D eigenvalue weighted by Gasteiger charge is 2.32. The van der Waals surface area contributed by atoms with Gasteiger partial charge in [-0.2, -0.15) is 0 Å². The highest BCUT2D eigenvalue weighted by atomic mass is 32.2. The van der Waals surface area contributed by atoms with E-state index in [0.29, 0.717) is 9.81 Å². The van der Waals surface area contributed by atoms with Crippen LogP contribution < -0.4 is 10.6 Å². The van der Waals surface area contributed by atoms with E-state index in [1.807, 2.05) is 12.2 Å². The molecular formula is C16H14N2O2S2. The van der Waals surface area contributed by atoms with Gasteiger partial charge in [0.1, 0.15) is 0 Å². The molecule has 0 fully saturated rings. The van der Waals surface area contributed by atoms with Crippen molar-refractivity contribution in [2.75, 3.05) is 0 Å². The van der Waals surface area contributed by atoms with E-state index in [1.54, 1.807) is 0 Å². The summed E-state index contributed by atoms with van der Waals surface area (Å²) in [6.45, 7) is 0. The Morgan fingerprint density at radius 1 is 0.864 bits per heavy atom. The highest BCUT2D eigenvalue weighted by molar-refractivity contribution is 8.11. The first kappa shape index (κ1) is 14.0. The van der Waals surface area contributed by atoms with Crippen LogP contribution in [-0.4, -0.2) is 11.8 Å². The molecule has 0 unspecified atom stereocenters. The normalized spacial score (nSPS) is 27.5. The van der Waals surface area contributed by atoms with Crippen molar-refractivity contribution < 1.29 is 9.59 Å². The summed E-state index contributed by atoms with van der Waals surface area (Å²) in [6, 6.07) is 0. The van der Waals surface area contributed by atoms with Crippen molar-refractivity contribution in [2.45, 2.75) is 25.7 Å². The van der Waals surface area contributed by atoms with Crippen LogP contribution in [0.1, 0.15) is 25.7 Å². The summed E-state index contributed by atoms with van der Waals surface area (Å²) in [6.07, 6.45) is 11.8. The molecular weight excluding hydrogens is 316 g/mol. The van der Waals surface area contributed by atoms with Gasteiger partial charge in [-0.05, 0) is 31.8 Å². The van der Waals surface area contributed by atoms with Crippen LogP contribution >= 0.6 is 23.5 Å². The number of hydrogen-bond donors (Lipinski definition) is 2. The van der Waals surface area contributed by atoms with E-state index in [0.717, 1.165) is 46.9 Å². The summed E-state index contributed by atoms with van der Waals surface area (Å²) >= 11 is 2.85. The Bertz CT molecular complexity index is 741. The van der Waals surface area contributed by atoms with Crippen LogP contribution in [0.4, 0.5) is 0 Å². The van der Waals surface area contributed by atoms with Gasteiger partial charge < -0.3 is 10.6 Å². The van der Waals surface area contributed by atoms with Crippen LogP contribution in [0.25, 0.3) is 0 Å². The molecule has 22 heavy (non-hydrogen) atoms. The van der Waals surface area contributed by atoms with Gasteiger partial charge in [0.25, 0.3) is 11.8 Å². The van der Waals surface area contributed by atoms with E-state index in [9.17, 15) is 9.59 Å². The predicted molar refractivity (Wildman–Crippen MR) is 89.3 cm³/mol. The third-order valence-electron chi connectivity index (χ3n) is 3.82. The average molecular weight is 330 g/mol. The first-order valence-electron chi connectivity index (χ1n) is 7.24. The Morgan fingerprint density at radius 3 is 2.50 bits per heavy atom. The van der Waals surface area contributed by atoms with Crippen LogP contribution in [0, 0.1) is 0 Å². The monoisotopic (exact) mass is 330 g/mol. The molecule has 4 rings (SSSR count). The fourth-order valence-electron chi connectivity index (χ4n) is 2.72. The van der Waals surface area contributed by atoms with Gasteiger partial charge in [-0.1, -0.05) is 41.8 Å². The molecule has 2 aliphatic carbocycles. The minimum atomic E-state index is -0.184. The van der Waals surface area contributed by atoms with Crippen LogP contribution in [0.5, 0.6) is 0 Å². The summed E-state index contributed by atoms with van der Waals surface area (Å²) in [5.41, 5.74) is 1.85.